The molecule has 1 unspecified atom stereocenters. The number of thioether (sulfide) groups is 1. The molecule has 0 saturated carbocycles. The minimum Gasteiger partial charge on any atom is -0.366 e. The Hall–Kier alpha value is -0.380. The van der Waals surface area contributed by atoms with E-state index in [-0.39, 0.29) is 0 Å². The summed E-state index contributed by atoms with van der Waals surface area (Å²) in [5.41, 5.74) is 8.06. The van der Waals surface area contributed by atoms with Gasteiger partial charge < -0.3 is 10.6 Å². The van der Waals surface area contributed by atoms with E-state index in [0.29, 0.717) is 12.6 Å². The second kappa shape index (κ2) is 5.30. The summed E-state index contributed by atoms with van der Waals surface area (Å²) in [5, 5.41) is 0.821. The van der Waals surface area contributed by atoms with Gasteiger partial charge in [0.2, 0.25) is 0 Å². The van der Waals surface area contributed by atoms with Gasteiger partial charge in [-0.1, -0.05) is 23.7 Å². The third-order valence-corrected chi connectivity index (χ3v) is 4.44. The molecule has 2 nitrogen and oxygen atoms in total. The van der Waals surface area contributed by atoms with E-state index in [1.54, 1.807) is 0 Å². The Morgan fingerprint density at radius 3 is 3.06 bits per heavy atom. The number of benzene rings is 1. The fourth-order valence-electron chi connectivity index (χ4n) is 2.11. The van der Waals surface area contributed by atoms with Gasteiger partial charge >= 0.3 is 0 Å². The summed E-state index contributed by atoms with van der Waals surface area (Å²) in [6.07, 6.45) is 0. The molecule has 4 heteroatoms. The number of hydrogen-bond acceptors (Lipinski definition) is 3. The number of nitrogens with two attached hydrogens (primary N) is 1. The van der Waals surface area contributed by atoms with Crippen molar-refractivity contribution in [3.63, 3.8) is 0 Å². The van der Waals surface area contributed by atoms with Crippen LogP contribution in [0.15, 0.2) is 18.2 Å². The lowest BCUT2D eigenvalue weighted by Gasteiger charge is -2.36. The zero-order chi connectivity index (χ0) is 11.5. The maximum Gasteiger partial charge on any atom is 0.0643 e. The predicted molar refractivity (Wildman–Crippen MR) is 73.5 cm³/mol. The maximum atomic E-state index is 6.30. The smallest absolute Gasteiger partial charge is 0.0643 e. The van der Waals surface area contributed by atoms with E-state index in [1.807, 2.05) is 23.9 Å². The van der Waals surface area contributed by atoms with Crippen molar-refractivity contribution in [3.8, 4) is 0 Å². The molecular weight excluding hydrogens is 240 g/mol. The highest BCUT2D eigenvalue weighted by molar-refractivity contribution is 7.99. The van der Waals surface area contributed by atoms with Gasteiger partial charge in [0, 0.05) is 30.6 Å². The molecule has 0 bridgehead atoms. The van der Waals surface area contributed by atoms with Crippen molar-refractivity contribution >= 4 is 29.1 Å². The van der Waals surface area contributed by atoms with Crippen molar-refractivity contribution in [1.82, 2.24) is 0 Å². The minimum absolute atomic E-state index is 0.531. The number of para-hydroxylation sites is 1. The molecule has 88 valence electrons. The van der Waals surface area contributed by atoms with Gasteiger partial charge in [0.1, 0.15) is 0 Å². The molecule has 1 saturated heterocycles. The molecule has 1 fully saturated rings. The molecule has 1 aliphatic heterocycles. The fraction of sp³-hybridized carbons (Fsp3) is 0.500. The van der Waals surface area contributed by atoms with Crippen molar-refractivity contribution in [3.05, 3.63) is 28.8 Å². The molecule has 0 aromatic heterocycles. The Morgan fingerprint density at radius 2 is 2.38 bits per heavy atom. The second-order valence-corrected chi connectivity index (χ2v) is 5.63. The summed E-state index contributed by atoms with van der Waals surface area (Å²) in [6.45, 7) is 3.85. The average Bonchev–Trinajstić information content (AvgIpc) is 2.30. The molecule has 0 amide bonds. The molecule has 1 aromatic carbocycles. The summed E-state index contributed by atoms with van der Waals surface area (Å²) in [5.74, 6) is 2.33. The van der Waals surface area contributed by atoms with E-state index in [9.17, 15) is 0 Å². The van der Waals surface area contributed by atoms with Crippen LogP contribution in [0.25, 0.3) is 0 Å². The van der Waals surface area contributed by atoms with E-state index in [0.717, 1.165) is 28.6 Å². The largest absolute Gasteiger partial charge is 0.366 e. The average molecular weight is 257 g/mol. The Bertz CT molecular complexity index is 370. The van der Waals surface area contributed by atoms with E-state index < -0.39 is 0 Å². The van der Waals surface area contributed by atoms with Crippen LogP contribution in [0.4, 0.5) is 5.69 Å². The highest BCUT2D eigenvalue weighted by atomic mass is 35.5. The van der Waals surface area contributed by atoms with Gasteiger partial charge in [0.15, 0.2) is 0 Å². The summed E-state index contributed by atoms with van der Waals surface area (Å²) < 4.78 is 0. The van der Waals surface area contributed by atoms with Crippen LogP contribution in [-0.2, 0) is 6.54 Å². The highest BCUT2D eigenvalue weighted by Gasteiger charge is 2.22. The van der Waals surface area contributed by atoms with Gasteiger partial charge in [0.05, 0.1) is 10.7 Å². The Labute approximate surface area is 106 Å². The first-order chi connectivity index (χ1) is 7.74. The van der Waals surface area contributed by atoms with Crippen LogP contribution in [0.3, 0.4) is 0 Å². The van der Waals surface area contributed by atoms with E-state index >= 15 is 0 Å². The van der Waals surface area contributed by atoms with Gasteiger partial charge in [0.25, 0.3) is 0 Å². The normalized spacial score (nSPS) is 21.2. The summed E-state index contributed by atoms with van der Waals surface area (Å²) in [4.78, 5) is 2.39. The van der Waals surface area contributed by atoms with Crippen LogP contribution < -0.4 is 10.6 Å². The molecule has 2 N–H and O–H groups in total. The lowest BCUT2D eigenvalue weighted by atomic mass is 10.1. The minimum atomic E-state index is 0.531. The van der Waals surface area contributed by atoms with Crippen molar-refractivity contribution in [2.75, 3.05) is 23.0 Å². The van der Waals surface area contributed by atoms with Gasteiger partial charge in [-0.15, -0.1) is 0 Å². The van der Waals surface area contributed by atoms with Crippen molar-refractivity contribution < 1.29 is 0 Å². The fourth-order valence-corrected chi connectivity index (χ4v) is 3.42. The third-order valence-electron chi connectivity index (χ3n) is 2.95. The summed E-state index contributed by atoms with van der Waals surface area (Å²) in [6, 6.07) is 6.52. The van der Waals surface area contributed by atoms with Crippen LogP contribution in [0, 0.1) is 0 Å². The molecule has 1 heterocycles. The van der Waals surface area contributed by atoms with Crippen molar-refractivity contribution in [2.24, 2.45) is 5.73 Å². The van der Waals surface area contributed by atoms with Crippen LogP contribution in [0.5, 0.6) is 0 Å². The Morgan fingerprint density at radius 1 is 1.56 bits per heavy atom. The molecule has 0 aliphatic carbocycles. The van der Waals surface area contributed by atoms with Gasteiger partial charge in [-0.3, -0.25) is 0 Å². The van der Waals surface area contributed by atoms with E-state index in [2.05, 4.69) is 17.9 Å². The zero-order valence-corrected chi connectivity index (χ0v) is 11.0. The van der Waals surface area contributed by atoms with Crippen LogP contribution in [0.2, 0.25) is 5.02 Å². The third kappa shape index (κ3) is 2.31. The molecule has 0 radical (unpaired) electrons. The quantitative estimate of drug-likeness (QED) is 0.882. The van der Waals surface area contributed by atoms with Crippen LogP contribution >= 0.6 is 23.4 Å². The zero-order valence-electron chi connectivity index (χ0n) is 9.45. The predicted octanol–water partition coefficient (Wildman–Crippen LogP) is 2.74. The molecule has 1 aromatic rings. The van der Waals surface area contributed by atoms with Crippen molar-refractivity contribution in [1.29, 1.82) is 0 Å². The Kier molecular flexibility index (Phi) is 4.00. The van der Waals surface area contributed by atoms with Crippen LogP contribution in [-0.4, -0.2) is 24.1 Å². The topological polar surface area (TPSA) is 29.3 Å². The number of anilines is 1. The summed E-state index contributed by atoms with van der Waals surface area (Å²) in [7, 11) is 0. The lowest BCUT2D eigenvalue weighted by molar-refractivity contribution is 0.696. The standard InChI is InChI=1S/C12H17ClN2S/c1-9-8-16-6-5-15(9)12-10(7-14)3-2-4-11(12)13/h2-4,9H,5-8,14H2,1H3. The SMILES string of the molecule is CC1CSCCN1c1c(Cl)cccc1CN. The first-order valence-electron chi connectivity index (χ1n) is 5.56. The summed E-state index contributed by atoms with van der Waals surface area (Å²) >= 11 is 8.31. The lowest BCUT2D eigenvalue weighted by Crippen LogP contribution is -2.41. The first kappa shape index (κ1) is 12.1. The molecule has 2 rings (SSSR count). The molecule has 16 heavy (non-hydrogen) atoms. The van der Waals surface area contributed by atoms with Gasteiger partial charge in [-0.05, 0) is 18.6 Å². The van der Waals surface area contributed by atoms with Gasteiger partial charge in [-0.2, -0.15) is 11.8 Å². The van der Waals surface area contributed by atoms with Gasteiger partial charge in [-0.25, -0.2) is 0 Å². The molecule has 0 spiro atoms. The number of nitrogens with zero attached hydrogens (tertiary/aromatic N) is 1. The molecule has 1 aliphatic rings. The Balaban J connectivity index is 2.37. The molecular formula is C12H17ClN2S. The number of halogens is 1. The van der Waals surface area contributed by atoms with Crippen molar-refractivity contribution in [2.45, 2.75) is 19.5 Å². The van der Waals surface area contributed by atoms with E-state index in [1.165, 1.54) is 5.75 Å². The number of rotatable bonds is 2. The molecule has 1 atom stereocenters. The highest BCUT2D eigenvalue weighted by Crippen LogP contribution is 2.33. The first-order valence-corrected chi connectivity index (χ1v) is 7.09. The second-order valence-electron chi connectivity index (χ2n) is 4.07. The number of hydrogen-bond donors (Lipinski definition) is 1. The monoisotopic (exact) mass is 256 g/mol. The maximum absolute atomic E-state index is 6.30. The van der Waals surface area contributed by atoms with Crippen LogP contribution in [0.1, 0.15) is 12.5 Å². The van der Waals surface area contributed by atoms with E-state index in [4.69, 9.17) is 17.3 Å².